The molecule has 0 spiro atoms. The van der Waals surface area contributed by atoms with Crippen molar-refractivity contribution >= 4 is 19.0 Å². The molecule has 1 fully saturated rings. The molecule has 1 unspecified atom stereocenters. The Morgan fingerprint density at radius 3 is 2.52 bits per heavy atom. The summed E-state index contributed by atoms with van der Waals surface area (Å²) in [6.45, 7) is -0.584. The number of nitrogens with two attached hydrogens (primary N) is 2. The Morgan fingerprint density at radius 2 is 2.05 bits per heavy atom. The molecule has 120 valence electrons. The van der Waals surface area contributed by atoms with Crippen LogP contribution in [0, 0.1) is 5.92 Å². The zero-order valence-corrected chi connectivity index (χ0v) is 11.7. The van der Waals surface area contributed by atoms with Gasteiger partial charge in [0, 0.05) is 19.0 Å². The average molecular weight is 303 g/mol. The highest BCUT2D eigenvalue weighted by molar-refractivity contribution is 6.40. The van der Waals surface area contributed by atoms with Gasteiger partial charge in [0.25, 0.3) is 0 Å². The van der Waals surface area contributed by atoms with Crippen molar-refractivity contribution < 1.29 is 29.9 Å². The molecule has 10 heteroatoms. The number of amides is 1. The third-order valence-corrected chi connectivity index (χ3v) is 3.86. The van der Waals surface area contributed by atoms with Crippen LogP contribution in [0.1, 0.15) is 12.8 Å². The highest BCUT2D eigenvalue weighted by Crippen LogP contribution is 2.30. The molecule has 1 heterocycles. The molecule has 0 aromatic rings. The largest absolute Gasteiger partial charge is 0.480 e. The maximum absolute atomic E-state index is 11.9. The average Bonchev–Trinajstić information content (AvgIpc) is 2.75. The van der Waals surface area contributed by atoms with Crippen LogP contribution < -0.4 is 11.5 Å². The van der Waals surface area contributed by atoms with Gasteiger partial charge in [0.05, 0.1) is 6.61 Å². The number of nitrogens with zero attached hydrogens (tertiary/aromatic N) is 1. The minimum atomic E-state index is -1.59. The van der Waals surface area contributed by atoms with Crippen LogP contribution in [0.15, 0.2) is 0 Å². The Hall–Kier alpha value is -1.20. The third-order valence-electron chi connectivity index (χ3n) is 3.86. The van der Waals surface area contributed by atoms with Crippen LogP contribution in [-0.4, -0.2) is 75.4 Å². The van der Waals surface area contributed by atoms with Gasteiger partial charge < -0.3 is 36.6 Å². The lowest BCUT2D eigenvalue weighted by atomic mass is 9.78. The second kappa shape index (κ2) is 7.18. The van der Waals surface area contributed by atoms with Gasteiger partial charge in [-0.15, -0.1) is 0 Å². The number of rotatable bonds is 7. The van der Waals surface area contributed by atoms with Crippen LogP contribution in [0.25, 0.3) is 0 Å². The van der Waals surface area contributed by atoms with Crippen molar-refractivity contribution in [1.82, 2.24) is 4.90 Å². The number of aliphatic hydroxyl groups excluding tert-OH is 1. The second-order valence-corrected chi connectivity index (χ2v) is 5.46. The van der Waals surface area contributed by atoms with Gasteiger partial charge in [-0.2, -0.15) is 0 Å². The minimum Gasteiger partial charge on any atom is -0.480 e. The van der Waals surface area contributed by atoms with Crippen LogP contribution in [0.4, 0.5) is 0 Å². The SMILES string of the molecule is NC(CO)C(=O)N1C[C@H](CCCB(O)O)[C@](N)(C(=O)O)C1. The molecule has 0 aromatic heterocycles. The Labute approximate surface area is 122 Å². The number of carbonyl (C=O) groups excluding carboxylic acids is 1. The van der Waals surface area contributed by atoms with Gasteiger partial charge in [0.15, 0.2) is 0 Å². The highest BCUT2D eigenvalue weighted by Gasteiger charge is 2.50. The number of hydrogen-bond acceptors (Lipinski definition) is 7. The predicted molar refractivity (Wildman–Crippen MR) is 73.9 cm³/mol. The van der Waals surface area contributed by atoms with Gasteiger partial charge in [-0.3, -0.25) is 9.59 Å². The first-order chi connectivity index (χ1) is 9.72. The lowest BCUT2D eigenvalue weighted by Gasteiger charge is -2.25. The van der Waals surface area contributed by atoms with Crippen LogP contribution >= 0.6 is 0 Å². The van der Waals surface area contributed by atoms with Crippen molar-refractivity contribution in [3.63, 3.8) is 0 Å². The van der Waals surface area contributed by atoms with Crippen molar-refractivity contribution in [2.75, 3.05) is 19.7 Å². The summed E-state index contributed by atoms with van der Waals surface area (Å²) in [5.74, 6) is -2.27. The van der Waals surface area contributed by atoms with Crippen LogP contribution in [0.2, 0.25) is 6.32 Å². The molecule has 0 aliphatic carbocycles. The van der Waals surface area contributed by atoms with E-state index in [2.05, 4.69) is 0 Å². The van der Waals surface area contributed by atoms with E-state index in [0.717, 1.165) is 0 Å². The number of aliphatic hydroxyl groups is 1. The van der Waals surface area contributed by atoms with E-state index in [1.165, 1.54) is 4.90 Å². The van der Waals surface area contributed by atoms with E-state index in [1.807, 2.05) is 0 Å². The van der Waals surface area contributed by atoms with E-state index in [1.54, 1.807) is 0 Å². The van der Waals surface area contributed by atoms with Gasteiger partial charge in [0.1, 0.15) is 11.6 Å². The van der Waals surface area contributed by atoms with E-state index in [4.69, 9.17) is 26.6 Å². The van der Waals surface area contributed by atoms with Crippen molar-refractivity contribution in [1.29, 1.82) is 0 Å². The lowest BCUT2D eigenvalue weighted by molar-refractivity contribution is -0.144. The predicted octanol–water partition coefficient (Wildman–Crippen LogP) is -3.20. The fraction of sp³-hybridized carbons (Fsp3) is 0.818. The van der Waals surface area contributed by atoms with E-state index in [-0.39, 0.29) is 19.4 Å². The molecule has 1 amide bonds. The number of likely N-dealkylation sites (tertiary alicyclic amines) is 1. The summed E-state index contributed by atoms with van der Waals surface area (Å²) in [5, 5.41) is 35.8. The number of carboxylic acid groups (broad SMARTS) is 1. The first-order valence-electron chi connectivity index (χ1n) is 6.76. The quantitative estimate of drug-likeness (QED) is 0.267. The van der Waals surface area contributed by atoms with Gasteiger partial charge in [-0.1, -0.05) is 6.42 Å². The van der Waals surface area contributed by atoms with Crippen LogP contribution in [-0.2, 0) is 9.59 Å². The third kappa shape index (κ3) is 4.14. The molecular formula is C11H22BN3O6. The standard InChI is InChI=1S/C11H22BN3O6/c13-8(5-16)9(17)15-4-7(2-1-3-12(20)21)11(14,6-15)10(18)19/h7-8,16,20-21H,1-6,13-14H2,(H,18,19)/t7-,8?,11-/m0/s1. The smallest absolute Gasteiger partial charge is 0.451 e. The molecule has 3 atom stereocenters. The normalized spacial score (nSPS) is 26.7. The Bertz CT molecular complexity index is 396. The Balaban J connectivity index is 2.76. The van der Waals surface area contributed by atoms with E-state index in [0.29, 0.717) is 12.8 Å². The monoisotopic (exact) mass is 303 g/mol. The van der Waals surface area contributed by atoms with Gasteiger partial charge in [-0.25, -0.2) is 0 Å². The molecule has 8 N–H and O–H groups in total. The van der Waals surface area contributed by atoms with Crippen molar-refractivity contribution in [2.45, 2.75) is 30.7 Å². The number of aliphatic carboxylic acids is 1. The summed E-state index contributed by atoms with van der Waals surface area (Å²) >= 11 is 0. The molecule has 1 aliphatic rings. The second-order valence-electron chi connectivity index (χ2n) is 5.46. The molecule has 0 saturated carbocycles. The summed E-state index contributed by atoms with van der Waals surface area (Å²) in [7, 11) is -1.45. The van der Waals surface area contributed by atoms with Crippen molar-refractivity contribution in [3.8, 4) is 0 Å². The molecule has 1 saturated heterocycles. The first kappa shape index (κ1) is 17.9. The van der Waals surface area contributed by atoms with Gasteiger partial charge in [0.2, 0.25) is 5.91 Å². The summed E-state index contributed by atoms with van der Waals surface area (Å²) in [5.41, 5.74) is 9.77. The zero-order valence-electron chi connectivity index (χ0n) is 11.7. The molecule has 21 heavy (non-hydrogen) atoms. The Kier molecular flexibility index (Phi) is 6.11. The van der Waals surface area contributed by atoms with Gasteiger partial charge in [-0.05, 0) is 12.7 Å². The molecule has 1 rings (SSSR count). The fourth-order valence-corrected chi connectivity index (χ4v) is 2.56. The zero-order chi connectivity index (χ0) is 16.2. The summed E-state index contributed by atoms with van der Waals surface area (Å²) in [6.07, 6.45) is 0.831. The first-order valence-corrected chi connectivity index (χ1v) is 6.76. The number of hydrogen-bond donors (Lipinski definition) is 6. The van der Waals surface area contributed by atoms with Gasteiger partial charge >= 0.3 is 13.1 Å². The van der Waals surface area contributed by atoms with E-state index in [9.17, 15) is 14.7 Å². The van der Waals surface area contributed by atoms with E-state index >= 15 is 0 Å². The summed E-state index contributed by atoms with van der Waals surface area (Å²) in [4.78, 5) is 24.6. The molecule has 0 bridgehead atoms. The minimum absolute atomic E-state index is 0.107. The van der Waals surface area contributed by atoms with Crippen molar-refractivity contribution in [3.05, 3.63) is 0 Å². The van der Waals surface area contributed by atoms with Crippen LogP contribution in [0.3, 0.4) is 0 Å². The number of carboxylic acids is 1. The van der Waals surface area contributed by atoms with Crippen molar-refractivity contribution in [2.24, 2.45) is 17.4 Å². The molecule has 1 aliphatic heterocycles. The lowest BCUT2D eigenvalue weighted by Crippen LogP contribution is -2.55. The highest BCUT2D eigenvalue weighted by atomic mass is 16.4. The number of carbonyl (C=O) groups is 2. The fourth-order valence-electron chi connectivity index (χ4n) is 2.56. The summed E-state index contributed by atoms with van der Waals surface area (Å²) in [6, 6.07) is -1.10. The maximum atomic E-state index is 11.9. The molecule has 9 nitrogen and oxygen atoms in total. The topological polar surface area (TPSA) is 170 Å². The van der Waals surface area contributed by atoms with E-state index < -0.39 is 43.1 Å². The Morgan fingerprint density at radius 1 is 1.43 bits per heavy atom. The molecule has 0 aromatic carbocycles. The maximum Gasteiger partial charge on any atom is 0.451 e. The molecular weight excluding hydrogens is 281 g/mol. The van der Waals surface area contributed by atoms with Crippen LogP contribution in [0.5, 0.6) is 0 Å². The summed E-state index contributed by atoms with van der Waals surface area (Å²) < 4.78 is 0. The molecule has 0 radical (unpaired) electrons.